The molecular formula is C17H26OS. The Bertz CT molecular complexity index is 334. The second-order valence-corrected chi connectivity index (χ2v) is 6.06. The van der Waals surface area contributed by atoms with Crippen LogP contribution in [0.5, 0.6) is 0 Å². The van der Waals surface area contributed by atoms with Crippen molar-refractivity contribution in [3.63, 3.8) is 0 Å². The number of thioether (sulfide) groups is 1. The Morgan fingerprint density at radius 2 is 1.58 bits per heavy atom. The Kier molecular flexibility index (Phi) is 9.52. The van der Waals surface area contributed by atoms with E-state index in [2.05, 4.69) is 19.1 Å². The van der Waals surface area contributed by atoms with Gasteiger partial charge in [-0.05, 0) is 18.6 Å². The van der Waals surface area contributed by atoms with Gasteiger partial charge in [-0.1, -0.05) is 63.6 Å². The van der Waals surface area contributed by atoms with Gasteiger partial charge in [0.2, 0.25) is 0 Å². The molecule has 0 spiro atoms. The standard InChI is InChI=1S/C17H26OS/c1-2-3-4-5-6-7-9-12-16(18)15-19-17-13-10-8-11-14-17/h8,10-11,13-14H,2-7,9,12,15H2,1H3. The van der Waals surface area contributed by atoms with Crippen molar-refractivity contribution in [2.75, 3.05) is 5.75 Å². The van der Waals surface area contributed by atoms with Gasteiger partial charge in [0.25, 0.3) is 0 Å². The summed E-state index contributed by atoms with van der Waals surface area (Å²) < 4.78 is 0. The summed E-state index contributed by atoms with van der Waals surface area (Å²) in [5, 5.41) is 0. The van der Waals surface area contributed by atoms with Crippen molar-refractivity contribution in [2.24, 2.45) is 0 Å². The number of carbonyl (C=O) groups excluding carboxylic acids is 1. The maximum absolute atomic E-state index is 11.7. The van der Waals surface area contributed by atoms with Crippen LogP contribution in [0.4, 0.5) is 0 Å². The fourth-order valence-electron chi connectivity index (χ4n) is 2.03. The van der Waals surface area contributed by atoms with Gasteiger partial charge in [-0.3, -0.25) is 4.79 Å². The molecule has 0 N–H and O–H groups in total. The molecule has 19 heavy (non-hydrogen) atoms. The van der Waals surface area contributed by atoms with Crippen molar-refractivity contribution in [3.05, 3.63) is 30.3 Å². The van der Waals surface area contributed by atoms with Crippen molar-refractivity contribution in [3.8, 4) is 0 Å². The molecule has 1 rings (SSSR count). The summed E-state index contributed by atoms with van der Waals surface area (Å²) in [6, 6.07) is 10.2. The second kappa shape index (κ2) is 11.1. The number of Topliss-reactive ketones (excluding diaryl/α,β-unsaturated/α-hetero) is 1. The summed E-state index contributed by atoms with van der Waals surface area (Å²) in [5.74, 6) is 1.02. The topological polar surface area (TPSA) is 17.1 Å². The molecule has 0 aliphatic carbocycles. The SMILES string of the molecule is CCCCCCCCCC(=O)CSc1ccccc1. The monoisotopic (exact) mass is 278 g/mol. The number of hydrogen-bond acceptors (Lipinski definition) is 2. The zero-order valence-corrected chi connectivity index (χ0v) is 12.9. The highest BCUT2D eigenvalue weighted by atomic mass is 32.2. The molecule has 1 aromatic carbocycles. The number of ketones is 1. The van der Waals surface area contributed by atoms with Gasteiger partial charge in [-0.25, -0.2) is 0 Å². The van der Waals surface area contributed by atoms with Crippen LogP contribution in [0.15, 0.2) is 35.2 Å². The van der Waals surface area contributed by atoms with Gasteiger partial charge >= 0.3 is 0 Å². The van der Waals surface area contributed by atoms with Gasteiger partial charge in [-0.15, -0.1) is 11.8 Å². The number of unbranched alkanes of at least 4 members (excludes halogenated alkanes) is 6. The van der Waals surface area contributed by atoms with E-state index in [1.165, 1.54) is 43.4 Å². The Morgan fingerprint density at radius 1 is 0.947 bits per heavy atom. The number of carbonyl (C=O) groups is 1. The molecule has 1 nitrogen and oxygen atoms in total. The van der Waals surface area contributed by atoms with Crippen molar-refractivity contribution in [2.45, 2.75) is 63.2 Å². The third-order valence-electron chi connectivity index (χ3n) is 3.20. The second-order valence-electron chi connectivity index (χ2n) is 5.01. The van der Waals surface area contributed by atoms with E-state index in [1.54, 1.807) is 11.8 Å². The van der Waals surface area contributed by atoms with Crippen LogP contribution in [0.1, 0.15) is 58.3 Å². The molecule has 0 aliphatic rings. The molecule has 106 valence electrons. The minimum atomic E-state index is 0.391. The summed E-state index contributed by atoms with van der Waals surface area (Å²) in [5.41, 5.74) is 0. The lowest BCUT2D eigenvalue weighted by molar-refractivity contribution is -0.116. The van der Waals surface area contributed by atoms with Crippen LogP contribution in [0, 0.1) is 0 Å². The maximum atomic E-state index is 11.7. The van der Waals surface area contributed by atoms with Crippen LogP contribution < -0.4 is 0 Å². The molecule has 0 atom stereocenters. The van der Waals surface area contributed by atoms with Crippen molar-refractivity contribution < 1.29 is 4.79 Å². The zero-order valence-electron chi connectivity index (χ0n) is 12.1. The van der Waals surface area contributed by atoms with E-state index in [0.29, 0.717) is 11.5 Å². The lowest BCUT2D eigenvalue weighted by Gasteiger charge is -2.02. The van der Waals surface area contributed by atoms with Gasteiger partial charge in [0, 0.05) is 11.3 Å². The van der Waals surface area contributed by atoms with E-state index in [9.17, 15) is 4.79 Å². The fraction of sp³-hybridized carbons (Fsp3) is 0.588. The van der Waals surface area contributed by atoms with Crippen LogP contribution in [-0.2, 0) is 4.79 Å². The summed E-state index contributed by atoms with van der Waals surface area (Å²) in [4.78, 5) is 12.9. The average Bonchev–Trinajstić information content (AvgIpc) is 2.45. The molecule has 0 saturated carbocycles. The van der Waals surface area contributed by atoms with Gasteiger partial charge in [0.05, 0.1) is 5.75 Å². The molecule has 0 radical (unpaired) electrons. The fourth-order valence-corrected chi connectivity index (χ4v) is 2.85. The largest absolute Gasteiger partial charge is 0.299 e. The molecule has 0 aromatic heterocycles. The first kappa shape index (κ1) is 16.3. The number of rotatable bonds is 11. The van der Waals surface area contributed by atoms with Gasteiger partial charge < -0.3 is 0 Å². The molecule has 0 aliphatic heterocycles. The van der Waals surface area contributed by atoms with Crippen molar-refractivity contribution in [1.82, 2.24) is 0 Å². The first-order valence-electron chi connectivity index (χ1n) is 7.52. The highest BCUT2D eigenvalue weighted by molar-refractivity contribution is 8.00. The Labute approximate surface area is 122 Å². The predicted molar refractivity (Wildman–Crippen MR) is 84.8 cm³/mol. The normalized spacial score (nSPS) is 10.6. The first-order valence-corrected chi connectivity index (χ1v) is 8.51. The van der Waals surface area contributed by atoms with E-state index in [4.69, 9.17) is 0 Å². The predicted octanol–water partition coefficient (Wildman–Crippen LogP) is 5.49. The summed E-state index contributed by atoms with van der Waals surface area (Å²) >= 11 is 1.65. The molecule has 0 heterocycles. The highest BCUT2D eigenvalue weighted by Gasteiger charge is 2.02. The van der Waals surface area contributed by atoms with Crippen molar-refractivity contribution in [1.29, 1.82) is 0 Å². The van der Waals surface area contributed by atoms with E-state index < -0.39 is 0 Å². The third-order valence-corrected chi connectivity index (χ3v) is 4.27. The molecule has 0 bridgehead atoms. The van der Waals surface area contributed by atoms with Gasteiger partial charge in [0.15, 0.2) is 0 Å². The Balaban J connectivity index is 1.96. The minimum absolute atomic E-state index is 0.391. The molecule has 0 unspecified atom stereocenters. The molecule has 0 saturated heterocycles. The molecule has 1 aromatic rings. The Hall–Kier alpha value is -0.760. The Morgan fingerprint density at radius 3 is 2.26 bits per heavy atom. The molecule has 2 heteroatoms. The van der Waals surface area contributed by atoms with E-state index in [1.807, 2.05) is 18.2 Å². The smallest absolute Gasteiger partial charge is 0.143 e. The van der Waals surface area contributed by atoms with Gasteiger partial charge in [-0.2, -0.15) is 0 Å². The number of hydrogen-bond donors (Lipinski definition) is 0. The summed E-state index contributed by atoms with van der Waals surface area (Å²) in [7, 11) is 0. The van der Waals surface area contributed by atoms with Crippen LogP contribution >= 0.6 is 11.8 Å². The van der Waals surface area contributed by atoms with E-state index >= 15 is 0 Å². The van der Waals surface area contributed by atoms with Crippen LogP contribution in [0.2, 0.25) is 0 Å². The molecule has 0 fully saturated rings. The first-order chi connectivity index (χ1) is 9.33. The van der Waals surface area contributed by atoms with E-state index in [-0.39, 0.29) is 0 Å². The lowest BCUT2D eigenvalue weighted by Crippen LogP contribution is -2.00. The number of benzene rings is 1. The van der Waals surface area contributed by atoms with E-state index in [0.717, 1.165) is 12.8 Å². The zero-order chi connectivity index (χ0) is 13.8. The van der Waals surface area contributed by atoms with Crippen LogP contribution in [0.25, 0.3) is 0 Å². The summed E-state index contributed by atoms with van der Waals surface area (Å²) in [6.45, 7) is 2.24. The highest BCUT2D eigenvalue weighted by Crippen LogP contribution is 2.18. The lowest BCUT2D eigenvalue weighted by atomic mass is 10.1. The summed E-state index contributed by atoms with van der Waals surface area (Å²) in [6.07, 6.45) is 9.68. The maximum Gasteiger partial charge on any atom is 0.143 e. The molecule has 0 amide bonds. The third kappa shape index (κ3) is 8.88. The van der Waals surface area contributed by atoms with Crippen molar-refractivity contribution >= 4 is 17.5 Å². The van der Waals surface area contributed by atoms with Crippen LogP contribution in [-0.4, -0.2) is 11.5 Å². The van der Waals surface area contributed by atoms with Gasteiger partial charge in [0.1, 0.15) is 5.78 Å². The minimum Gasteiger partial charge on any atom is -0.299 e. The average molecular weight is 278 g/mol. The quantitative estimate of drug-likeness (QED) is 0.393. The molecular weight excluding hydrogens is 252 g/mol. The van der Waals surface area contributed by atoms with Crippen LogP contribution in [0.3, 0.4) is 0 Å².